The van der Waals surface area contributed by atoms with Crippen LogP contribution in [0.25, 0.3) is 0 Å². The Morgan fingerprint density at radius 1 is 1.67 bits per heavy atom. The van der Waals surface area contributed by atoms with Crippen molar-refractivity contribution in [2.75, 3.05) is 26.0 Å². The van der Waals surface area contributed by atoms with E-state index in [2.05, 4.69) is 14.9 Å². The summed E-state index contributed by atoms with van der Waals surface area (Å²) in [5.74, 6) is -0.268. The molecule has 15 heavy (non-hydrogen) atoms. The largest absolute Gasteiger partial charge is 0.385 e. The van der Waals surface area contributed by atoms with E-state index >= 15 is 0 Å². The molecule has 1 aromatic heterocycles. The lowest BCUT2D eigenvalue weighted by molar-refractivity contribution is -0.0204. The molecule has 0 saturated carbocycles. The average molecular weight is 215 g/mol. The number of nitrogen functional groups attached to an aromatic ring is 1. The van der Waals surface area contributed by atoms with E-state index in [0.29, 0.717) is 13.0 Å². The molecule has 0 aliphatic carbocycles. The number of methoxy groups -OCH3 is 1. The third-order valence-electron chi connectivity index (χ3n) is 1.71. The molecule has 0 aromatic carbocycles. The highest BCUT2D eigenvalue weighted by atomic mass is 16.6. The first-order valence-corrected chi connectivity index (χ1v) is 4.29. The van der Waals surface area contributed by atoms with Gasteiger partial charge in [0.15, 0.2) is 17.3 Å². The maximum Gasteiger partial charge on any atom is 0.199 e. The van der Waals surface area contributed by atoms with E-state index in [1.165, 1.54) is 0 Å². The van der Waals surface area contributed by atoms with Crippen molar-refractivity contribution >= 4 is 11.7 Å². The number of anilines is 1. The van der Waals surface area contributed by atoms with Gasteiger partial charge in [0.1, 0.15) is 0 Å². The van der Waals surface area contributed by atoms with Crippen molar-refractivity contribution < 1.29 is 14.6 Å². The molecule has 0 spiro atoms. The van der Waals surface area contributed by atoms with E-state index in [0.717, 1.165) is 5.06 Å². The van der Waals surface area contributed by atoms with Crippen LogP contribution in [-0.2, 0) is 4.74 Å². The van der Waals surface area contributed by atoms with E-state index in [-0.39, 0.29) is 23.9 Å². The summed E-state index contributed by atoms with van der Waals surface area (Å²) >= 11 is 0. The fourth-order valence-corrected chi connectivity index (χ4v) is 0.952. The number of nitrogens with zero attached hydrogens (tertiary/aromatic N) is 3. The number of hydroxylamine groups is 2. The van der Waals surface area contributed by atoms with E-state index in [4.69, 9.17) is 15.9 Å². The van der Waals surface area contributed by atoms with E-state index in [1.807, 2.05) is 0 Å². The third-order valence-corrected chi connectivity index (χ3v) is 1.71. The van der Waals surface area contributed by atoms with Gasteiger partial charge in [-0.05, 0) is 16.7 Å². The monoisotopic (exact) mass is 215 g/mol. The summed E-state index contributed by atoms with van der Waals surface area (Å²) in [5, 5.41) is 24.4. The number of rotatable bonds is 5. The normalized spacial score (nSPS) is 10.3. The number of hydrogen-bond donors (Lipinski definition) is 3. The van der Waals surface area contributed by atoms with Gasteiger partial charge in [-0.1, -0.05) is 0 Å². The molecule has 84 valence electrons. The van der Waals surface area contributed by atoms with Gasteiger partial charge in [-0.15, -0.1) is 0 Å². The van der Waals surface area contributed by atoms with Crippen molar-refractivity contribution in [2.24, 2.45) is 0 Å². The minimum absolute atomic E-state index is 0.0224. The number of aromatic nitrogens is 2. The Kier molecular flexibility index (Phi) is 4.01. The van der Waals surface area contributed by atoms with Crippen molar-refractivity contribution in [3.8, 4) is 0 Å². The molecule has 0 amide bonds. The molecule has 1 rings (SSSR count). The number of hydrogen-bond acceptors (Lipinski definition) is 7. The fourth-order valence-electron chi connectivity index (χ4n) is 0.952. The van der Waals surface area contributed by atoms with Crippen molar-refractivity contribution in [3.05, 3.63) is 5.69 Å². The predicted octanol–water partition coefficient (Wildman–Crippen LogP) is -0.295. The van der Waals surface area contributed by atoms with Crippen molar-refractivity contribution in [1.82, 2.24) is 15.4 Å². The van der Waals surface area contributed by atoms with Crippen LogP contribution in [0.2, 0.25) is 0 Å². The molecule has 0 bridgehead atoms. The third kappa shape index (κ3) is 2.89. The number of nitrogens with two attached hydrogens (primary N) is 1. The summed E-state index contributed by atoms with van der Waals surface area (Å²) in [4.78, 5) is 0. The van der Waals surface area contributed by atoms with Crippen LogP contribution in [0.3, 0.4) is 0 Å². The second-order valence-electron chi connectivity index (χ2n) is 2.82. The van der Waals surface area contributed by atoms with Gasteiger partial charge in [0.2, 0.25) is 0 Å². The van der Waals surface area contributed by atoms with Gasteiger partial charge >= 0.3 is 0 Å². The number of ether oxygens (including phenoxy) is 1. The number of amidine groups is 1. The fraction of sp³-hybridized carbons (Fsp3) is 0.571. The van der Waals surface area contributed by atoms with E-state index in [9.17, 15) is 5.21 Å². The molecule has 0 aliphatic heterocycles. The molecule has 1 heterocycles. The highest BCUT2D eigenvalue weighted by Gasteiger charge is 2.17. The first-order valence-electron chi connectivity index (χ1n) is 4.29. The summed E-state index contributed by atoms with van der Waals surface area (Å²) in [6.07, 6.45) is 0.584. The van der Waals surface area contributed by atoms with Crippen LogP contribution < -0.4 is 5.73 Å². The van der Waals surface area contributed by atoms with Crippen LogP contribution in [0.1, 0.15) is 12.1 Å². The minimum atomic E-state index is -0.246. The Morgan fingerprint density at radius 3 is 2.93 bits per heavy atom. The van der Waals surface area contributed by atoms with Crippen LogP contribution in [0.4, 0.5) is 5.82 Å². The summed E-state index contributed by atoms with van der Waals surface area (Å²) in [5.41, 5.74) is 5.39. The zero-order valence-electron chi connectivity index (χ0n) is 8.30. The van der Waals surface area contributed by atoms with Crippen LogP contribution in [-0.4, -0.2) is 46.7 Å². The average Bonchev–Trinajstić information content (AvgIpc) is 2.63. The Labute approximate surface area is 86.0 Å². The van der Waals surface area contributed by atoms with Crippen molar-refractivity contribution in [1.29, 1.82) is 5.41 Å². The lowest BCUT2D eigenvalue weighted by Crippen LogP contribution is -2.30. The topological polar surface area (TPSA) is 121 Å². The van der Waals surface area contributed by atoms with E-state index in [1.54, 1.807) is 7.11 Å². The highest BCUT2D eigenvalue weighted by Crippen LogP contribution is 2.07. The van der Waals surface area contributed by atoms with Gasteiger partial charge in [-0.3, -0.25) is 10.6 Å². The molecule has 0 saturated heterocycles. The molecule has 1 aromatic rings. The van der Waals surface area contributed by atoms with Crippen LogP contribution in [0, 0.1) is 5.41 Å². The molecule has 8 nitrogen and oxygen atoms in total. The zero-order chi connectivity index (χ0) is 11.3. The lowest BCUT2D eigenvalue weighted by Gasteiger charge is -2.15. The first-order chi connectivity index (χ1) is 7.16. The molecule has 0 unspecified atom stereocenters. The summed E-state index contributed by atoms with van der Waals surface area (Å²) in [7, 11) is 1.56. The quantitative estimate of drug-likeness (QED) is 0.267. The van der Waals surface area contributed by atoms with Gasteiger partial charge in [0.05, 0.1) is 0 Å². The van der Waals surface area contributed by atoms with Crippen molar-refractivity contribution in [3.63, 3.8) is 0 Å². The summed E-state index contributed by atoms with van der Waals surface area (Å²) in [6, 6.07) is 0. The Morgan fingerprint density at radius 2 is 2.40 bits per heavy atom. The van der Waals surface area contributed by atoms with Gasteiger partial charge in [0.25, 0.3) is 0 Å². The molecule has 8 heteroatoms. The standard InChI is InChI=1S/C7H13N5O3/c1-14-4-2-3-12(13)7(9)5-6(8)11-15-10-5/h9,13H,2-4H2,1H3,(H2,8,11). The second kappa shape index (κ2) is 5.27. The maximum absolute atomic E-state index is 9.43. The Bertz CT molecular complexity index is 326. The lowest BCUT2D eigenvalue weighted by atomic mass is 10.3. The first kappa shape index (κ1) is 11.4. The molecular formula is C7H13N5O3. The Balaban J connectivity index is 2.50. The molecule has 0 aliphatic rings. The van der Waals surface area contributed by atoms with Gasteiger partial charge in [0, 0.05) is 20.3 Å². The molecule has 0 atom stereocenters. The van der Waals surface area contributed by atoms with Crippen LogP contribution >= 0.6 is 0 Å². The summed E-state index contributed by atoms with van der Waals surface area (Å²) < 4.78 is 9.12. The zero-order valence-corrected chi connectivity index (χ0v) is 8.30. The smallest absolute Gasteiger partial charge is 0.199 e. The van der Waals surface area contributed by atoms with Gasteiger partial charge in [-0.25, -0.2) is 9.69 Å². The molecular weight excluding hydrogens is 202 g/mol. The van der Waals surface area contributed by atoms with Gasteiger partial charge < -0.3 is 10.5 Å². The molecule has 0 radical (unpaired) electrons. The van der Waals surface area contributed by atoms with Crippen molar-refractivity contribution in [2.45, 2.75) is 6.42 Å². The van der Waals surface area contributed by atoms with Crippen LogP contribution in [0.5, 0.6) is 0 Å². The SMILES string of the molecule is COCCCN(O)C(=N)c1nonc1N. The maximum atomic E-state index is 9.43. The predicted molar refractivity (Wildman–Crippen MR) is 50.5 cm³/mol. The summed E-state index contributed by atoms with van der Waals surface area (Å²) in [6.45, 7) is 0.746. The van der Waals surface area contributed by atoms with E-state index < -0.39 is 0 Å². The number of nitrogens with one attached hydrogen (secondary N) is 1. The van der Waals surface area contributed by atoms with Crippen LogP contribution in [0.15, 0.2) is 4.63 Å². The Hall–Kier alpha value is -1.67. The molecule has 4 N–H and O–H groups in total. The van der Waals surface area contributed by atoms with Gasteiger partial charge in [-0.2, -0.15) is 0 Å². The highest BCUT2D eigenvalue weighted by molar-refractivity contribution is 5.97. The second-order valence-corrected chi connectivity index (χ2v) is 2.82. The molecule has 0 fully saturated rings. The minimum Gasteiger partial charge on any atom is -0.385 e.